The van der Waals surface area contributed by atoms with Crippen LogP contribution in [0.15, 0.2) is 0 Å². The first kappa shape index (κ1) is 6.01. The SMILES string of the molecule is O=C(OC1CC1)N1CCC1. The topological polar surface area (TPSA) is 29.5 Å². The average Bonchev–Trinajstić information content (AvgIpc) is 2.43. The Balaban J connectivity index is 1.74. The first-order chi connectivity index (χ1) is 4.86. The lowest BCUT2D eigenvalue weighted by Gasteiger charge is -2.29. The second-order valence-electron chi connectivity index (χ2n) is 2.92. The summed E-state index contributed by atoms with van der Waals surface area (Å²) >= 11 is 0. The second kappa shape index (κ2) is 2.15. The van der Waals surface area contributed by atoms with Crippen molar-refractivity contribution in [3.05, 3.63) is 0 Å². The van der Waals surface area contributed by atoms with Gasteiger partial charge in [0, 0.05) is 13.1 Å². The smallest absolute Gasteiger partial charge is 0.410 e. The van der Waals surface area contributed by atoms with Crippen LogP contribution in [0, 0.1) is 0 Å². The third-order valence-corrected chi connectivity index (χ3v) is 1.91. The molecular formula is C7H11NO2. The van der Waals surface area contributed by atoms with Crippen LogP contribution in [0.3, 0.4) is 0 Å². The Morgan fingerprint density at radius 2 is 2.10 bits per heavy atom. The Morgan fingerprint density at radius 1 is 1.40 bits per heavy atom. The summed E-state index contributed by atoms with van der Waals surface area (Å²) in [5.41, 5.74) is 0. The molecular weight excluding hydrogens is 130 g/mol. The molecule has 0 bridgehead atoms. The molecule has 0 atom stereocenters. The maximum absolute atomic E-state index is 11.0. The van der Waals surface area contributed by atoms with Crippen LogP contribution >= 0.6 is 0 Å². The van der Waals surface area contributed by atoms with Crippen molar-refractivity contribution in [1.29, 1.82) is 0 Å². The minimum atomic E-state index is -0.103. The highest BCUT2D eigenvalue weighted by molar-refractivity contribution is 5.68. The zero-order chi connectivity index (χ0) is 6.97. The van der Waals surface area contributed by atoms with Crippen molar-refractivity contribution in [1.82, 2.24) is 4.90 Å². The highest BCUT2D eigenvalue weighted by Crippen LogP contribution is 2.25. The van der Waals surface area contributed by atoms with E-state index >= 15 is 0 Å². The van der Waals surface area contributed by atoms with Gasteiger partial charge in [0.25, 0.3) is 0 Å². The molecule has 1 aliphatic heterocycles. The fourth-order valence-electron chi connectivity index (χ4n) is 0.902. The van der Waals surface area contributed by atoms with Crippen molar-refractivity contribution in [2.24, 2.45) is 0 Å². The van der Waals surface area contributed by atoms with Crippen LogP contribution in [-0.2, 0) is 4.74 Å². The van der Waals surface area contributed by atoms with Gasteiger partial charge in [0.1, 0.15) is 6.10 Å². The van der Waals surface area contributed by atoms with Crippen LogP contribution in [0.4, 0.5) is 4.79 Å². The molecule has 1 saturated carbocycles. The standard InChI is InChI=1S/C7H11NO2/c9-7(8-4-1-5-8)10-6-2-3-6/h6H,1-5H2. The first-order valence-electron chi connectivity index (χ1n) is 3.82. The van der Waals surface area contributed by atoms with Crippen LogP contribution in [-0.4, -0.2) is 30.2 Å². The van der Waals surface area contributed by atoms with Gasteiger partial charge in [-0.2, -0.15) is 0 Å². The maximum Gasteiger partial charge on any atom is 0.410 e. The number of likely N-dealkylation sites (tertiary alicyclic amines) is 1. The highest BCUT2D eigenvalue weighted by Gasteiger charge is 2.30. The van der Waals surface area contributed by atoms with Gasteiger partial charge in [-0.25, -0.2) is 4.79 Å². The summed E-state index contributed by atoms with van der Waals surface area (Å²) < 4.78 is 5.05. The Hall–Kier alpha value is -0.730. The van der Waals surface area contributed by atoms with E-state index in [0.29, 0.717) is 0 Å². The minimum absolute atomic E-state index is 0.103. The van der Waals surface area contributed by atoms with Gasteiger partial charge >= 0.3 is 6.09 Å². The number of hydrogen-bond acceptors (Lipinski definition) is 2. The zero-order valence-corrected chi connectivity index (χ0v) is 5.88. The number of hydrogen-bond donors (Lipinski definition) is 0. The van der Waals surface area contributed by atoms with E-state index in [-0.39, 0.29) is 12.2 Å². The molecule has 0 unspecified atom stereocenters. The number of carbonyl (C=O) groups is 1. The van der Waals surface area contributed by atoms with E-state index in [1.807, 2.05) is 0 Å². The summed E-state index contributed by atoms with van der Waals surface area (Å²) in [5.74, 6) is 0. The molecule has 1 aliphatic carbocycles. The predicted octanol–water partition coefficient (Wildman–Crippen LogP) is 0.991. The molecule has 0 spiro atoms. The summed E-state index contributed by atoms with van der Waals surface area (Å²) in [6.45, 7) is 1.79. The fourth-order valence-corrected chi connectivity index (χ4v) is 0.902. The van der Waals surface area contributed by atoms with E-state index in [1.165, 1.54) is 0 Å². The van der Waals surface area contributed by atoms with Gasteiger partial charge in [-0.15, -0.1) is 0 Å². The van der Waals surface area contributed by atoms with E-state index in [1.54, 1.807) is 4.90 Å². The largest absolute Gasteiger partial charge is 0.446 e. The number of nitrogens with zero attached hydrogens (tertiary/aromatic N) is 1. The van der Waals surface area contributed by atoms with Gasteiger partial charge in [-0.1, -0.05) is 0 Å². The summed E-state index contributed by atoms with van der Waals surface area (Å²) in [6.07, 6.45) is 3.43. The number of rotatable bonds is 1. The molecule has 0 radical (unpaired) electrons. The van der Waals surface area contributed by atoms with Crippen molar-refractivity contribution >= 4 is 6.09 Å². The van der Waals surface area contributed by atoms with Gasteiger partial charge in [-0.3, -0.25) is 0 Å². The predicted molar refractivity (Wildman–Crippen MR) is 35.7 cm³/mol. The molecule has 0 aromatic heterocycles. The molecule has 10 heavy (non-hydrogen) atoms. The van der Waals surface area contributed by atoms with E-state index in [9.17, 15) is 4.79 Å². The molecule has 1 heterocycles. The van der Waals surface area contributed by atoms with Gasteiger partial charge in [0.15, 0.2) is 0 Å². The maximum atomic E-state index is 11.0. The van der Waals surface area contributed by atoms with Crippen LogP contribution in [0.2, 0.25) is 0 Å². The van der Waals surface area contributed by atoms with Gasteiger partial charge in [0.2, 0.25) is 0 Å². The lowest BCUT2D eigenvalue weighted by Crippen LogP contribution is -2.42. The van der Waals surface area contributed by atoms with Crippen LogP contribution in [0.5, 0.6) is 0 Å². The molecule has 56 valence electrons. The van der Waals surface area contributed by atoms with E-state index < -0.39 is 0 Å². The zero-order valence-electron chi connectivity index (χ0n) is 5.88. The van der Waals surface area contributed by atoms with Crippen molar-refractivity contribution in [2.45, 2.75) is 25.4 Å². The van der Waals surface area contributed by atoms with Gasteiger partial charge in [0.05, 0.1) is 0 Å². The molecule has 2 aliphatic rings. The van der Waals surface area contributed by atoms with E-state index in [4.69, 9.17) is 4.74 Å². The third kappa shape index (κ3) is 1.08. The van der Waals surface area contributed by atoms with Crippen LogP contribution < -0.4 is 0 Å². The van der Waals surface area contributed by atoms with Gasteiger partial charge in [-0.05, 0) is 19.3 Å². The van der Waals surface area contributed by atoms with E-state index in [0.717, 1.165) is 32.4 Å². The number of ether oxygens (including phenoxy) is 1. The molecule has 0 aromatic rings. The van der Waals surface area contributed by atoms with E-state index in [2.05, 4.69) is 0 Å². The molecule has 0 N–H and O–H groups in total. The lowest BCUT2D eigenvalue weighted by atomic mass is 10.2. The molecule has 1 amide bonds. The number of amides is 1. The molecule has 0 aromatic carbocycles. The Bertz CT molecular complexity index is 150. The summed E-state index contributed by atoms with van der Waals surface area (Å²) in [5, 5.41) is 0. The third-order valence-electron chi connectivity index (χ3n) is 1.91. The monoisotopic (exact) mass is 141 g/mol. The van der Waals surface area contributed by atoms with Gasteiger partial charge < -0.3 is 9.64 Å². The molecule has 2 rings (SSSR count). The Morgan fingerprint density at radius 3 is 2.50 bits per heavy atom. The lowest BCUT2D eigenvalue weighted by molar-refractivity contribution is 0.0752. The molecule has 2 fully saturated rings. The molecule has 3 nitrogen and oxygen atoms in total. The highest BCUT2D eigenvalue weighted by atomic mass is 16.6. The number of carbonyl (C=O) groups excluding carboxylic acids is 1. The first-order valence-corrected chi connectivity index (χ1v) is 3.82. The van der Waals surface area contributed by atoms with Crippen molar-refractivity contribution in [3.8, 4) is 0 Å². The van der Waals surface area contributed by atoms with Crippen LogP contribution in [0.1, 0.15) is 19.3 Å². The summed E-state index contributed by atoms with van der Waals surface area (Å²) in [4.78, 5) is 12.7. The quantitative estimate of drug-likeness (QED) is 0.545. The fraction of sp³-hybridized carbons (Fsp3) is 0.857. The summed E-state index contributed by atoms with van der Waals surface area (Å²) in [7, 11) is 0. The Kier molecular flexibility index (Phi) is 1.29. The molecule has 3 heteroatoms. The van der Waals surface area contributed by atoms with Crippen molar-refractivity contribution < 1.29 is 9.53 Å². The minimum Gasteiger partial charge on any atom is -0.446 e. The summed E-state index contributed by atoms with van der Waals surface area (Å²) in [6, 6.07) is 0. The normalized spacial score (nSPS) is 23.8. The van der Waals surface area contributed by atoms with Crippen molar-refractivity contribution in [3.63, 3.8) is 0 Å². The second-order valence-corrected chi connectivity index (χ2v) is 2.92. The Labute approximate surface area is 60.0 Å². The molecule has 1 saturated heterocycles. The average molecular weight is 141 g/mol. The van der Waals surface area contributed by atoms with Crippen molar-refractivity contribution in [2.75, 3.05) is 13.1 Å². The van der Waals surface area contributed by atoms with Crippen LogP contribution in [0.25, 0.3) is 0 Å².